The van der Waals surface area contributed by atoms with E-state index in [1.165, 1.54) is 6.20 Å². The van der Waals surface area contributed by atoms with Crippen LogP contribution in [0.5, 0.6) is 5.75 Å². The van der Waals surface area contributed by atoms with Gasteiger partial charge in [-0.2, -0.15) is 0 Å². The first-order valence-corrected chi connectivity index (χ1v) is 6.33. The number of aliphatic hydroxyl groups excluding tert-OH is 1. The van der Waals surface area contributed by atoms with Crippen molar-refractivity contribution in [2.45, 2.75) is 13.2 Å². The van der Waals surface area contributed by atoms with E-state index >= 15 is 0 Å². The summed E-state index contributed by atoms with van der Waals surface area (Å²) in [5, 5.41) is 18.5. The molecule has 1 amide bonds. The van der Waals surface area contributed by atoms with Gasteiger partial charge in [0.05, 0.1) is 20.3 Å². The molecule has 0 fully saturated rings. The SMILES string of the molecule is COc1ccc(CN(C(=O)O)c2cc(CO)ccn2)cc1. The molecule has 0 radical (unpaired) electrons. The average molecular weight is 288 g/mol. The summed E-state index contributed by atoms with van der Waals surface area (Å²) in [6, 6.07) is 10.3. The summed E-state index contributed by atoms with van der Waals surface area (Å²) in [5.41, 5.74) is 1.43. The Kier molecular flexibility index (Phi) is 4.73. The first-order chi connectivity index (χ1) is 10.1. The molecule has 1 aromatic carbocycles. The quantitative estimate of drug-likeness (QED) is 0.881. The van der Waals surface area contributed by atoms with E-state index in [0.29, 0.717) is 11.3 Å². The summed E-state index contributed by atoms with van der Waals surface area (Å²) in [5.74, 6) is 0.992. The van der Waals surface area contributed by atoms with Crippen LogP contribution >= 0.6 is 0 Å². The van der Waals surface area contributed by atoms with E-state index in [1.54, 1.807) is 43.5 Å². The Morgan fingerprint density at radius 3 is 2.52 bits per heavy atom. The molecular formula is C15H16N2O4. The van der Waals surface area contributed by atoms with Crippen molar-refractivity contribution in [2.24, 2.45) is 0 Å². The van der Waals surface area contributed by atoms with Crippen molar-refractivity contribution in [3.63, 3.8) is 0 Å². The van der Waals surface area contributed by atoms with Crippen molar-refractivity contribution >= 4 is 11.9 Å². The van der Waals surface area contributed by atoms with Crippen molar-refractivity contribution in [1.29, 1.82) is 0 Å². The van der Waals surface area contributed by atoms with Crippen LogP contribution in [0, 0.1) is 0 Å². The molecule has 1 heterocycles. The lowest BCUT2D eigenvalue weighted by molar-refractivity contribution is 0.201. The second kappa shape index (κ2) is 6.71. The smallest absolute Gasteiger partial charge is 0.413 e. The molecule has 2 N–H and O–H groups in total. The molecular weight excluding hydrogens is 272 g/mol. The van der Waals surface area contributed by atoms with Gasteiger partial charge in [-0.1, -0.05) is 12.1 Å². The van der Waals surface area contributed by atoms with E-state index in [-0.39, 0.29) is 19.0 Å². The highest BCUT2D eigenvalue weighted by atomic mass is 16.5. The molecule has 0 atom stereocenters. The zero-order valence-electron chi connectivity index (χ0n) is 11.6. The Morgan fingerprint density at radius 1 is 1.24 bits per heavy atom. The number of anilines is 1. The van der Waals surface area contributed by atoms with Crippen LogP contribution in [0.15, 0.2) is 42.6 Å². The molecule has 110 valence electrons. The summed E-state index contributed by atoms with van der Waals surface area (Å²) in [6.07, 6.45) is 0.374. The van der Waals surface area contributed by atoms with E-state index in [2.05, 4.69) is 4.98 Å². The maximum Gasteiger partial charge on any atom is 0.413 e. The van der Waals surface area contributed by atoms with E-state index in [4.69, 9.17) is 9.84 Å². The van der Waals surface area contributed by atoms with Crippen molar-refractivity contribution in [2.75, 3.05) is 12.0 Å². The molecule has 6 heteroatoms. The number of amides is 1. The van der Waals surface area contributed by atoms with Crippen LogP contribution in [-0.4, -0.2) is 28.4 Å². The number of hydrogen-bond acceptors (Lipinski definition) is 4. The van der Waals surface area contributed by atoms with Gasteiger partial charge in [0.15, 0.2) is 0 Å². The Morgan fingerprint density at radius 2 is 1.95 bits per heavy atom. The van der Waals surface area contributed by atoms with Gasteiger partial charge in [-0.25, -0.2) is 9.78 Å². The number of nitrogens with zero attached hydrogens (tertiary/aromatic N) is 2. The topological polar surface area (TPSA) is 82.9 Å². The van der Waals surface area contributed by atoms with Gasteiger partial charge in [0.25, 0.3) is 0 Å². The molecule has 0 aliphatic carbocycles. The molecule has 0 unspecified atom stereocenters. The van der Waals surface area contributed by atoms with Gasteiger partial charge in [0.1, 0.15) is 11.6 Å². The normalized spacial score (nSPS) is 10.2. The number of aromatic nitrogens is 1. The molecule has 2 rings (SSSR count). The van der Waals surface area contributed by atoms with E-state index in [0.717, 1.165) is 10.5 Å². The molecule has 0 saturated heterocycles. The molecule has 2 aromatic rings. The first kappa shape index (κ1) is 14.8. The van der Waals surface area contributed by atoms with Crippen LogP contribution in [0.1, 0.15) is 11.1 Å². The van der Waals surface area contributed by atoms with Crippen LogP contribution < -0.4 is 9.64 Å². The van der Waals surface area contributed by atoms with Gasteiger partial charge in [-0.05, 0) is 35.4 Å². The number of rotatable bonds is 5. The van der Waals surface area contributed by atoms with Gasteiger partial charge in [0, 0.05) is 6.20 Å². The summed E-state index contributed by atoms with van der Waals surface area (Å²) in [7, 11) is 1.57. The van der Waals surface area contributed by atoms with Crippen LogP contribution in [0.2, 0.25) is 0 Å². The third-order valence-electron chi connectivity index (χ3n) is 3.00. The highest BCUT2D eigenvalue weighted by Gasteiger charge is 2.16. The second-order valence-corrected chi connectivity index (χ2v) is 4.40. The van der Waals surface area contributed by atoms with Crippen LogP contribution in [-0.2, 0) is 13.2 Å². The fraction of sp³-hybridized carbons (Fsp3) is 0.200. The Hall–Kier alpha value is -2.60. The van der Waals surface area contributed by atoms with Gasteiger partial charge in [-0.3, -0.25) is 4.90 Å². The van der Waals surface area contributed by atoms with E-state index < -0.39 is 6.09 Å². The molecule has 0 aliphatic heterocycles. The minimum absolute atomic E-state index is 0.161. The van der Waals surface area contributed by atoms with Gasteiger partial charge >= 0.3 is 6.09 Å². The molecule has 21 heavy (non-hydrogen) atoms. The Bertz CT molecular complexity index is 613. The summed E-state index contributed by atoms with van der Waals surface area (Å²) in [4.78, 5) is 16.6. The minimum Gasteiger partial charge on any atom is -0.497 e. The molecule has 0 spiro atoms. The van der Waals surface area contributed by atoms with Crippen LogP contribution in [0.25, 0.3) is 0 Å². The predicted octanol–water partition coefficient (Wildman–Crippen LogP) is 2.27. The molecule has 0 saturated carbocycles. The monoisotopic (exact) mass is 288 g/mol. The van der Waals surface area contributed by atoms with Crippen LogP contribution in [0.4, 0.5) is 10.6 Å². The highest BCUT2D eigenvalue weighted by molar-refractivity contribution is 5.84. The number of hydrogen-bond donors (Lipinski definition) is 2. The Balaban J connectivity index is 2.23. The van der Waals surface area contributed by atoms with E-state index in [9.17, 15) is 9.90 Å². The standard InChI is InChI=1S/C15H16N2O4/c1-21-13-4-2-11(3-5-13)9-17(15(19)20)14-8-12(10-18)6-7-16-14/h2-8,18H,9-10H2,1H3,(H,19,20). The number of methoxy groups -OCH3 is 1. The minimum atomic E-state index is -1.10. The lowest BCUT2D eigenvalue weighted by Gasteiger charge is -2.19. The average Bonchev–Trinajstić information content (AvgIpc) is 2.53. The van der Waals surface area contributed by atoms with Crippen molar-refractivity contribution < 1.29 is 19.7 Å². The van der Waals surface area contributed by atoms with Gasteiger partial charge in [0.2, 0.25) is 0 Å². The predicted molar refractivity (Wildman–Crippen MR) is 77.4 cm³/mol. The van der Waals surface area contributed by atoms with Crippen LogP contribution in [0.3, 0.4) is 0 Å². The van der Waals surface area contributed by atoms with Gasteiger partial charge in [-0.15, -0.1) is 0 Å². The molecule has 0 aliphatic rings. The third-order valence-corrected chi connectivity index (χ3v) is 3.00. The van der Waals surface area contributed by atoms with Crippen molar-refractivity contribution in [3.05, 3.63) is 53.7 Å². The fourth-order valence-electron chi connectivity index (χ4n) is 1.87. The van der Waals surface area contributed by atoms with Gasteiger partial charge < -0.3 is 14.9 Å². The maximum absolute atomic E-state index is 11.4. The van der Waals surface area contributed by atoms with Crippen molar-refractivity contribution in [1.82, 2.24) is 4.98 Å². The third kappa shape index (κ3) is 3.70. The number of pyridine rings is 1. The molecule has 0 bridgehead atoms. The number of benzene rings is 1. The maximum atomic E-state index is 11.4. The summed E-state index contributed by atoms with van der Waals surface area (Å²) < 4.78 is 5.07. The highest BCUT2D eigenvalue weighted by Crippen LogP contribution is 2.18. The number of ether oxygens (including phenoxy) is 1. The lowest BCUT2D eigenvalue weighted by Crippen LogP contribution is -2.29. The first-order valence-electron chi connectivity index (χ1n) is 6.33. The zero-order chi connectivity index (χ0) is 15.2. The molecule has 1 aromatic heterocycles. The largest absolute Gasteiger partial charge is 0.497 e. The zero-order valence-corrected chi connectivity index (χ0v) is 11.6. The number of carboxylic acid groups (broad SMARTS) is 1. The number of carbonyl (C=O) groups is 1. The summed E-state index contributed by atoms with van der Waals surface area (Å²) >= 11 is 0. The summed E-state index contributed by atoms with van der Waals surface area (Å²) in [6.45, 7) is 0.00667. The van der Waals surface area contributed by atoms with E-state index in [1.807, 2.05) is 0 Å². The Labute approximate surface area is 122 Å². The van der Waals surface area contributed by atoms with Crippen molar-refractivity contribution in [3.8, 4) is 5.75 Å². The fourth-order valence-corrected chi connectivity index (χ4v) is 1.87. The lowest BCUT2D eigenvalue weighted by atomic mass is 10.2. The second-order valence-electron chi connectivity index (χ2n) is 4.40. The molecule has 6 nitrogen and oxygen atoms in total. The number of aliphatic hydroxyl groups is 1.